The zero-order valence-corrected chi connectivity index (χ0v) is 31.5. The molecule has 2 aliphatic rings. The van der Waals surface area contributed by atoms with E-state index in [4.69, 9.17) is 27.0 Å². The molecule has 0 saturated carbocycles. The summed E-state index contributed by atoms with van der Waals surface area (Å²) in [6.45, 7) is 9.45. The molecule has 0 bridgehead atoms. The predicted octanol–water partition coefficient (Wildman–Crippen LogP) is 11.7. The van der Waals surface area contributed by atoms with Crippen LogP contribution in [-0.4, -0.2) is 15.9 Å². The van der Waals surface area contributed by atoms with Gasteiger partial charge in [-0.2, -0.15) is 0 Å². The van der Waals surface area contributed by atoms with E-state index in [0.29, 0.717) is 0 Å². The number of fused-ring (bicyclic) bond motifs is 2. The van der Waals surface area contributed by atoms with Crippen molar-refractivity contribution in [2.24, 2.45) is 0 Å². The molecule has 2 aromatic heterocycles. The molecule has 4 aromatic rings. The standard InChI is InChI=1S/2C18H18N.C2H7Si.2ClH.Zr/c2*1-2-3-7-14-12-15-8-6-9-16(17(15)13-14)18-10-4-5-11-19-18;1-3-2;;;/h2*4-6,8-13H,2-3,7H2,1H3;3H,1-2H3;2*1H;/q;;;;;+2/p-2. The zero-order chi connectivity index (χ0) is 30.9. The molecule has 0 N–H and O–H groups in total. The second-order valence-corrected chi connectivity index (χ2v) is 55.4. The summed E-state index contributed by atoms with van der Waals surface area (Å²) in [7, 11) is 17.3. The number of pyridine rings is 2. The van der Waals surface area contributed by atoms with Gasteiger partial charge in [0, 0.05) is 0 Å². The van der Waals surface area contributed by atoms with Gasteiger partial charge in [-0.25, -0.2) is 0 Å². The number of hydrogen-bond donors (Lipinski definition) is 0. The molecule has 227 valence electrons. The molecule has 0 spiro atoms. The van der Waals surface area contributed by atoms with E-state index in [1.54, 1.807) is 0 Å². The van der Waals surface area contributed by atoms with Crippen LogP contribution in [-0.2, 0) is 15.6 Å². The Morgan fingerprint density at radius 3 is 1.45 bits per heavy atom. The van der Waals surface area contributed by atoms with Gasteiger partial charge in [0.05, 0.1) is 0 Å². The average molecular weight is 718 g/mol. The summed E-state index contributed by atoms with van der Waals surface area (Å²) in [4.78, 5) is 9.52. The van der Waals surface area contributed by atoms with Gasteiger partial charge < -0.3 is 0 Å². The Hall–Kier alpha value is -2.10. The normalized spacial score (nSPS) is 18.4. The fourth-order valence-electron chi connectivity index (χ4n) is 7.75. The van der Waals surface area contributed by atoms with Crippen molar-refractivity contribution in [3.8, 4) is 22.5 Å². The van der Waals surface area contributed by atoms with E-state index in [1.807, 2.05) is 24.5 Å². The molecule has 0 aliphatic heterocycles. The number of hydrogen-bond acceptors (Lipinski definition) is 2. The second-order valence-electron chi connectivity index (χ2n) is 12.9. The van der Waals surface area contributed by atoms with Crippen LogP contribution in [0.3, 0.4) is 0 Å². The molecule has 2 unspecified atom stereocenters. The number of rotatable bonds is 11. The Balaban J connectivity index is 1.60. The Bertz CT molecular complexity index is 1590. The Morgan fingerprint density at radius 2 is 1.09 bits per heavy atom. The van der Waals surface area contributed by atoms with Gasteiger partial charge in [-0.15, -0.1) is 0 Å². The molecule has 0 radical (unpaired) electrons. The fourth-order valence-corrected chi connectivity index (χ4v) is 39.3. The fraction of sp³-hybridized carbons (Fsp3) is 0.316. The van der Waals surface area contributed by atoms with Gasteiger partial charge in [-0.3, -0.25) is 0 Å². The third kappa shape index (κ3) is 5.38. The van der Waals surface area contributed by atoms with Crippen molar-refractivity contribution in [1.29, 1.82) is 0 Å². The molecule has 0 amide bonds. The summed E-state index contributed by atoms with van der Waals surface area (Å²) >= 11 is -4.84. The maximum atomic E-state index is 8.67. The summed E-state index contributed by atoms with van der Waals surface area (Å²) in [5.41, 5.74) is 12.5. The number of allylic oxidation sites excluding steroid dienone is 2. The molecule has 2 atom stereocenters. The van der Waals surface area contributed by atoms with Crippen LogP contribution < -0.4 is 0 Å². The summed E-state index contributed by atoms with van der Waals surface area (Å²) in [6.07, 6.45) is 15.3. The first-order valence-electron chi connectivity index (χ1n) is 16.4. The number of unbranched alkanes of at least 4 members (excludes halogenated alkanes) is 2. The number of halogens is 2. The number of nitrogens with zero attached hydrogens (tertiary/aromatic N) is 2. The van der Waals surface area contributed by atoms with Crippen molar-refractivity contribution in [3.63, 3.8) is 0 Å². The van der Waals surface area contributed by atoms with Crippen LogP contribution in [0, 0.1) is 0 Å². The van der Waals surface area contributed by atoms with Gasteiger partial charge in [-0.1, -0.05) is 0 Å². The van der Waals surface area contributed by atoms with Crippen LogP contribution in [0.25, 0.3) is 34.7 Å². The minimum absolute atomic E-state index is 0.0936. The maximum absolute atomic E-state index is 8.67. The van der Waals surface area contributed by atoms with E-state index >= 15 is 0 Å². The van der Waals surface area contributed by atoms with E-state index in [2.05, 4.69) is 99.8 Å². The van der Waals surface area contributed by atoms with Gasteiger partial charge in [0.25, 0.3) is 0 Å². The Labute approximate surface area is 272 Å². The predicted molar refractivity (Wildman–Crippen MR) is 190 cm³/mol. The van der Waals surface area contributed by atoms with Crippen LogP contribution in [0.15, 0.2) is 96.3 Å². The monoisotopic (exact) mass is 715 g/mol. The van der Waals surface area contributed by atoms with Gasteiger partial charge in [0.15, 0.2) is 0 Å². The van der Waals surface area contributed by atoms with E-state index in [1.165, 1.54) is 44.5 Å². The van der Waals surface area contributed by atoms with Crippen LogP contribution in [0.4, 0.5) is 0 Å². The Morgan fingerprint density at radius 1 is 0.636 bits per heavy atom. The van der Waals surface area contributed by atoms with E-state index < -0.39 is 21.5 Å². The molecule has 2 aromatic carbocycles. The Kier molecular flexibility index (Phi) is 9.38. The van der Waals surface area contributed by atoms with Gasteiger partial charge in [-0.05, 0) is 0 Å². The van der Waals surface area contributed by atoms with Crippen LogP contribution in [0.1, 0.15) is 81.9 Å². The van der Waals surface area contributed by atoms with Gasteiger partial charge in [0.1, 0.15) is 0 Å². The second kappa shape index (κ2) is 13.0. The van der Waals surface area contributed by atoms with E-state index in [0.717, 1.165) is 49.9 Å². The summed E-state index contributed by atoms with van der Waals surface area (Å²) < 4.78 is 0.187. The van der Waals surface area contributed by atoms with Crippen LogP contribution >= 0.6 is 17.0 Å². The molecule has 2 aliphatic carbocycles. The van der Waals surface area contributed by atoms with E-state index in [9.17, 15) is 0 Å². The molecule has 6 rings (SSSR count). The molecule has 0 fully saturated rings. The molecule has 0 saturated heterocycles. The average Bonchev–Trinajstić information content (AvgIpc) is 3.63. The number of aromatic nitrogens is 2. The summed E-state index contributed by atoms with van der Waals surface area (Å²) in [6, 6.07) is 25.8. The quantitative estimate of drug-likeness (QED) is 0.144. The zero-order valence-electron chi connectivity index (χ0n) is 26.4. The van der Waals surface area contributed by atoms with E-state index in [-0.39, 0.29) is 7.25 Å². The molecule has 44 heavy (non-hydrogen) atoms. The van der Waals surface area contributed by atoms with Crippen molar-refractivity contribution in [2.75, 3.05) is 0 Å². The first-order chi connectivity index (χ1) is 21.3. The van der Waals surface area contributed by atoms with Crippen molar-refractivity contribution in [1.82, 2.24) is 9.97 Å². The molecule has 2 heterocycles. The third-order valence-corrected chi connectivity index (χ3v) is 61.9. The van der Waals surface area contributed by atoms with Crippen molar-refractivity contribution < 1.29 is 15.6 Å². The van der Waals surface area contributed by atoms with Crippen molar-refractivity contribution in [3.05, 3.63) is 119 Å². The topological polar surface area (TPSA) is 25.8 Å². The molecule has 6 heteroatoms. The molecular weight excluding hydrogens is 675 g/mol. The van der Waals surface area contributed by atoms with Crippen molar-refractivity contribution in [2.45, 2.75) is 72.7 Å². The van der Waals surface area contributed by atoms with Crippen LogP contribution in [0.5, 0.6) is 0 Å². The third-order valence-electron chi connectivity index (χ3n) is 10.0. The van der Waals surface area contributed by atoms with Crippen LogP contribution in [0.2, 0.25) is 13.1 Å². The first kappa shape index (κ1) is 31.9. The van der Waals surface area contributed by atoms with Crippen molar-refractivity contribution >= 4 is 35.1 Å². The summed E-state index contributed by atoms with van der Waals surface area (Å²) in [5, 5.41) is 0. The molecule has 2 nitrogen and oxygen atoms in total. The first-order valence-corrected chi connectivity index (χ1v) is 32.7. The SMILES string of the molecule is CCCCC1=Cc2c(-c3ccccn3)cccc2[CH]1[Zr]([Cl])([Cl])([CH]1C(CCCC)=Cc2c(-c3ccccn3)cccc21)[SiH](C)C. The number of benzene rings is 2. The molecular formula is C38H43Cl2N2SiZr. The van der Waals surface area contributed by atoms with Gasteiger partial charge in [0.2, 0.25) is 0 Å². The minimum atomic E-state index is -4.84. The summed E-state index contributed by atoms with van der Waals surface area (Å²) in [5.74, 6) is -1.64. The van der Waals surface area contributed by atoms with Gasteiger partial charge >= 0.3 is 274 Å².